The standard InChI is InChI=1S/C22H26N4O2S/c1-4-18-14-24-21(29-18)15-26-22(23-2)25-13-16-9-11-17(12-10-16)28-20-8-6-5-7-19(20)27-3/h5-12,14H,4,13,15H2,1-3H3,(H2,23,25,26). The van der Waals surface area contributed by atoms with Crippen molar-refractivity contribution in [3.63, 3.8) is 0 Å². The summed E-state index contributed by atoms with van der Waals surface area (Å²) in [5.41, 5.74) is 1.13. The quantitative estimate of drug-likeness (QED) is 0.426. The molecule has 0 radical (unpaired) electrons. The zero-order valence-corrected chi connectivity index (χ0v) is 17.8. The van der Waals surface area contributed by atoms with Gasteiger partial charge in [-0.2, -0.15) is 0 Å². The van der Waals surface area contributed by atoms with Gasteiger partial charge in [0.2, 0.25) is 0 Å². The highest BCUT2D eigenvalue weighted by atomic mass is 32.1. The highest BCUT2D eigenvalue weighted by Gasteiger charge is 2.05. The number of benzene rings is 2. The van der Waals surface area contributed by atoms with Gasteiger partial charge < -0.3 is 20.1 Å². The molecule has 0 aliphatic heterocycles. The molecule has 0 unspecified atom stereocenters. The van der Waals surface area contributed by atoms with E-state index in [0.29, 0.717) is 24.6 Å². The summed E-state index contributed by atoms with van der Waals surface area (Å²) >= 11 is 1.73. The fraction of sp³-hybridized carbons (Fsp3) is 0.273. The first kappa shape index (κ1) is 20.7. The molecule has 0 aliphatic carbocycles. The number of methoxy groups -OCH3 is 1. The predicted molar refractivity (Wildman–Crippen MR) is 118 cm³/mol. The van der Waals surface area contributed by atoms with Gasteiger partial charge in [0.15, 0.2) is 17.5 Å². The number of thiazole rings is 1. The van der Waals surface area contributed by atoms with Crippen LogP contribution in [0.1, 0.15) is 22.4 Å². The summed E-state index contributed by atoms with van der Waals surface area (Å²) in [5, 5.41) is 7.68. The number of ether oxygens (including phenoxy) is 2. The number of hydrogen-bond donors (Lipinski definition) is 2. The average molecular weight is 411 g/mol. The van der Waals surface area contributed by atoms with Crippen LogP contribution in [0.3, 0.4) is 0 Å². The Labute approximate surface area is 175 Å². The fourth-order valence-corrected chi connectivity index (χ4v) is 3.47. The van der Waals surface area contributed by atoms with Crippen molar-refractivity contribution >= 4 is 17.3 Å². The lowest BCUT2D eigenvalue weighted by molar-refractivity contribution is 0.379. The number of aryl methyl sites for hydroxylation is 1. The maximum absolute atomic E-state index is 5.91. The molecule has 0 spiro atoms. The minimum absolute atomic E-state index is 0.659. The molecule has 0 saturated carbocycles. The topological polar surface area (TPSA) is 67.8 Å². The van der Waals surface area contributed by atoms with Gasteiger partial charge in [-0.25, -0.2) is 4.98 Å². The van der Waals surface area contributed by atoms with Crippen molar-refractivity contribution < 1.29 is 9.47 Å². The second-order valence-electron chi connectivity index (χ2n) is 6.25. The largest absolute Gasteiger partial charge is 0.493 e. The summed E-state index contributed by atoms with van der Waals surface area (Å²) in [6.07, 6.45) is 2.95. The van der Waals surface area contributed by atoms with E-state index in [1.54, 1.807) is 25.5 Å². The van der Waals surface area contributed by atoms with E-state index in [4.69, 9.17) is 9.47 Å². The minimum atomic E-state index is 0.659. The number of guanidine groups is 1. The fourth-order valence-electron chi connectivity index (χ4n) is 2.66. The van der Waals surface area contributed by atoms with Crippen molar-refractivity contribution in [3.05, 3.63) is 70.2 Å². The Hall–Kier alpha value is -3.06. The van der Waals surface area contributed by atoms with Gasteiger partial charge in [0.05, 0.1) is 13.7 Å². The van der Waals surface area contributed by atoms with E-state index >= 15 is 0 Å². The Kier molecular flexibility index (Phi) is 7.47. The van der Waals surface area contributed by atoms with Gasteiger partial charge in [0, 0.05) is 24.7 Å². The highest BCUT2D eigenvalue weighted by Crippen LogP contribution is 2.30. The molecule has 29 heavy (non-hydrogen) atoms. The molecule has 0 bridgehead atoms. The SMILES string of the molecule is CCc1cnc(CNC(=NC)NCc2ccc(Oc3ccccc3OC)cc2)s1. The average Bonchev–Trinajstić information content (AvgIpc) is 3.23. The number of aromatic nitrogens is 1. The Bertz CT molecular complexity index is 938. The monoisotopic (exact) mass is 410 g/mol. The van der Waals surface area contributed by atoms with Gasteiger partial charge in [-0.3, -0.25) is 4.99 Å². The molecule has 3 aromatic rings. The molecule has 0 aliphatic rings. The number of para-hydroxylation sites is 2. The van der Waals surface area contributed by atoms with E-state index in [-0.39, 0.29) is 0 Å². The number of nitrogens with zero attached hydrogens (tertiary/aromatic N) is 2. The first-order valence-corrected chi connectivity index (χ1v) is 10.3. The number of nitrogens with one attached hydrogen (secondary N) is 2. The van der Waals surface area contributed by atoms with Crippen LogP contribution in [0.2, 0.25) is 0 Å². The molecule has 0 amide bonds. The van der Waals surface area contributed by atoms with Gasteiger partial charge >= 0.3 is 0 Å². The first-order valence-electron chi connectivity index (χ1n) is 9.49. The Morgan fingerprint density at radius 1 is 1.03 bits per heavy atom. The van der Waals surface area contributed by atoms with Crippen LogP contribution in [0.25, 0.3) is 0 Å². The Morgan fingerprint density at radius 2 is 1.76 bits per heavy atom. The Morgan fingerprint density at radius 3 is 2.41 bits per heavy atom. The van der Waals surface area contributed by atoms with Crippen LogP contribution in [-0.2, 0) is 19.5 Å². The van der Waals surface area contributed by atoms with Crippen molar-refractivity contribution in [3.8, 4) is 17.2 Å². The number of rotatable bonds is 8. The van der Waals surface area contributed by atoms with Crippen molar-refractivity contribution in [2.75, 3.05) is 14.2 Å². The molecule has 1 aromatic heterocycles. The van der Waals surface area contributed by atoms with Crippen molar-refractivity contribution in [1.29, 1.82) is 0 Å². The molecule has 0 fully saturated rings. The Balaban J connectivity index is 1.51. The second-order valence-corrected chi connectivity index (χ2v) is 7.45. The number of hydrogen-bond acceptors (Lipinski definition) is 5. The normalized spacial score (nSPS) is 11.2. The van der Waals surface area contributed by atoms with Crippen LogP contribution < -0.4 is 20.1 Å². The maximum atomic E-state index is 5.91. The summed E-state index contributed by atoms with van der Waals surface area (Å²) in [7, 11) is 3.40. The van der Waals surface area contributed by atoms with Gasteiger partial charge in [-0.15, -0.1) is 11.3 Å². The van der Waals surface area contributed by atoms with E-state index < -0.39 is 0 Å². The van der Waals surface area contributed by atoms with E-state index in [1.165, 1.54) is 4.88 Å². The van der Waals surface area contributed by atoms with Gasteiger partial charge in [-0.05, 0) is 36.2 Å². The molecular formula is C22H26N4O2S. The van der Waals surface area contributed by atoms with Crippen molar-refractivity contribution in [2.24, 2.45) is 4.99 Å². The second kappa shape index (κ2) is 10.5. The van der Waals surface area contributed by atoms with E-state index in [1.807, 2.05) is 54.7 Å². The lowest BCUT2D eigenvalue weighted by Gasteiger charge is -2.12. The molecule has 3 rings (SSSR count). The van der Waals surface area contributed by atoms with Crippen LogP contribution in [0.4, 0.5) is 0 Å². The van der Waals surface area contributed by atoms with Crippen LogP contribution in [-0.4, -0.2) is 25.1 Å². The highest BCUT2D eigenvalue weighted by molar-refractivity contribution is 7.11. The van der Waals surface area contributed by atoms with E-state index in [9.17, 15) is 0 Å². The van der Waals surface area contributed by atoms with Crippen LogP contribution in [0.15, 0.2) is 59.7 Å². The summed E-state index contributed by atoms with van der Waals surface area (Å²) in [5.74, 6) is 2.90. The molecule has 152 valence electrons. The molecule has 0 atom stereocenters. The third-order valence-corrected chi connectivity index (χ3v) is 5.40. The maximum Gasteiger partial charge on any atom is 0.191 e. The van der Waals surface area contributed by atoms with Crippen molar-refractivity contribution in [2.45, 2.75) is 26.4 Å². The van der Waals surface area contributed by atoms with E-state index in [0.717, 1.165) is 28.7 Å². The lowest BCUT2D eigenvalue weighted by Crippen LogP contribution is -2.36. The molecule has 2 aromatic carbocycles. The smallest absolute Gasteiger partial charge is 0.191 e. The third-order valence-electron chi connectivity index (χ3n) is 4.26. The van der Waals surface area contributed by atoms with Gasteiger partial charge in [-0.1, -0.05) is 31.2 Å². The predicted octanol–water partition coefficient (Wildman–Crippen LogP) is 4.37. The summed E-state index contributed by atoms with van der Waals surface area (Å²) < 4.78 is 11.2. The van der Waals surface area contributed by atoms with Crippen LogP contribution in [0.5, 0.6) is 17.2 Å². The zero-order valence-electron chi connectivity index (χ0n) is 16.9. The summed E-state index contributed by atoms with van der Waals surface area (Å²) in [6.45, 7) is 3.46. The summed E-state index contributed by atoms with van der Waals surface area (Å²) in [6, 6.07) is 15.5. The molecule has 6 nitrogen and oxygen atoms in total. The van der Waals surface area contributed by atoms with Gasteiger partial charge in [0.25, 0.3) is 0 Å². The van der Waals surface area contributed by atoms with Crippen LogP contribution >= 0.6 is 11.3 Å². The molecule has 7 heteroatoms. The zero-order chi connectivity index (χ0) is 20.5. The first-order chi connectivity index (χ1) is 14.2. The summed E-state index contributed by atoms with van der Waals surface area (Å²) in [4.78, 5) is 9.98. The molecular weight excluding hydrogens is 384 g/mol. The van der Waals surface area contributed by atoms with Gasteiger partial charge in [0.1, 0.15) is 10.8 Å². The third kappa shape index (κ3) is 5.96. The number of aliphatic imine (C=N–C) groups is 1. The molecule has 0 saturated heterocycles. The lowest BCUT2D eigenvalue weighted by atomic mass is 10.2. The van der Waals surface area contributed by atoms with E-state index in [2.05, 4.69) is 27.5 Å². The van der Waals surface area contributed by atoms with Crippen molar-refractivity contribution in [1.82, 2.24) is 15.6 Å². The molecule has 1 heterocycles. The minimum Gasteiger partial charge on any atom is -0.493 e. The molecule has 2 N–H and O–H groups in total. The van der Waals surface area contributed by atoms with Crippen LogP contribution in [0, 0.1) is 0 Å².